The van der Waals surface area contributed by atoms with Crippen molar-refractivity contribution in [2.45, 2.75) is 62.2 Å². The lowest BCUT2D eigenvalue weighted by Crippen LogP contribution is -2.77. The van der Waals surface area contributed by atoms with E-state index in [-0.39, 0.29) is 24.8 Å². The number of hydrogen-bond acceptors (Lipinski definition) is 8. The number of fused-ring (bicyclic) bond motifs is 1. The molecule has 2 N–H and O–H groups in total. The highest BCUT2D eigenvalue weighted by molar-refractivity contribution is 7.89. The number of nitrogens with one attached hydrogen (secondary N) is 1. The normalized spacial score (nSPS) is 23.9. The molecule has 3 aliphatic carbocycles. The molecule has 1 aromatic carbocycles. The Morgan fingerprint density at radius 2 is 1.89 bits per heavy atom. The Morgan fingerprint density at radius 3 is 2.44 bits per heavy atom. The Bertz CT molecular complexity index is 1500. The van der Waals surface area contributed by atoms with Crippen molar-refractivity contribution in [2.75, 3.05) is 7.11 Å². The maximum atomic E-state index is 13.9. The average molecular weight is 545 g/mol. The minimum Gasteiger partial charge on any atom is -0.469 e. The number of alkyl halides is 3. The van der Waals surface area contributed by atoms with Crippen LogP contribution in [0.3, 0.4) is 0 Å². The smallest absolute Gasteiger partial charge is 0.417 e. The van der Waals surface area contributed by atoms with E-state index in [9.17, 15) is 31.5 Å². The fourth-order valence-electron chi connectivity index (χ4n) is 5.22. The van der Waals surface area contributed by atoms with Gasteiger partial charge in [-0.3, -0.25) is 4.79 Å². The second kappa shape index (κ2) is 7.49. The molecule has 3 aromatic rings. The molecule has 0 saturated heterocycles. The van der Waals surface area contributed by atoms with Crippen molar-refractivity contribution in [3.8, 4) is 11.3 Å². The number of aryl methyl sites for hydroxylation is 1. The summed E-state index contributed by atoms with van der Waals surface area (Å²) in [5, 5.41) is 15.0. The number of carbonyl (C=O) groups is 1. The molecule has 6 rings (SSSR count). The van der Waals surface area contributed by atoms with Crippen molar-refractivity contribution in [2.24, 2.45) is 5.41 Å². The number of nitrogens with zero attached hydrogens (tertiary/aromatic N) is 3. The first-order chi connectivity index (χ1) is 16.5. The lowest BCUT2D eigenvalue weighted by molar-refractivity contribution is -0.197. The Kier molecular flexibility index (Phi) is 5.23. The van der Waals surface area contributed by atoms with E-state index in [1.807, 2.05) is 0 Å². The van der Waals surface area contributed by atoms with Gasteiger partial charge >= 0.3 is 12.1 Å². The van der Waals surface area contributed by atoms with E-state index in [4.69, 9.17) is 4.74 Å². The average Bonchev–Trinajstić information content (AvgIpc) is 3.24. The number of rotatable bonds is 6. The predicted molar refractivity (Wildman–Crippen MR) is 123 cm³/mol. The van der Waals surface area contributed by atoms with E-state index in [0.29, 0.717) is 21.4 Å². The third-order valence-electron chi connectivity index (χ3n) is 6.75. The molecular formula is C22H23F3N4O5S2. The zero-order chi connectivity index (χ0) is 26.5. The van der Waals surface area contributed by atoms with Crippen LogP contribution in [0.4, 0.5) is 13.2 Å². The molecule has 0 unspecified atom stereocenters. The van der Waals surface area contributed by atoms with Gasteiger partial charge in [-0.05, 0) is 52.2 Å². The molecular weight excluding hydrogens is 521 g/mol. The summed E-state index contributed by atoms with van der Waals surface area (Å²) >= 11 is 1.12. The van der Waals surface area contributed by atoms with Gasteiger partial charge < -0.3 is 9.84 Å². The van der Waals surface area contributed by atoms with E-state index in [0.717, 1.165) is 23.5 Å². The highest BCUT2D eigenvalue weighted by Crippen LogP contribution is 2.68. The summed E-state index contributed by atoms with van der Waals surface area (Å²) in [7, 11) is -3.38. The van der Waals surface area contributed by atoms with Crippen LogP contribution in [0.1, 0.15) is 49.4 Å². The van der Waals surface area contributed by atoms with Crippen molar-refractivity contribution in [1.82, 2.24) is 19.3 Å². The first-order valence-electron chi connectivity index (χ1n) is 10.9. The van der Waals surface area contributed by atoms with Crippen molar-refractivity contribution < 1.29 is 36.2 Å². The van der Waals surface area contributed by atoms with E-state index in [1.54, 1.807) is 20.8 Å². The molecule has 0 amide bonds. The Labute approximate surface area is 208 Å². The lowest BCUT2D eigenvalue weighted by atomic mass is 9.40. The second-order valence-corrected chi connectivity index (χ2v) is 12.7. The van der Waals surface area contributed by atoms with Crippen molar-refractivity contribution >= 4 is 32.3 Å². The van der Waals surface area contributed by atoms with E-state index in [1.165, 1.54) is 17.7 Å². The minimum atomic E-state index is -4.92. The summed E-state index contributed by atoms with van der Waals surface area (Å²) in [6.07, 6.45) is -4.40. The number of aliphatic hydroxyl groups is 1. The first-order valence-corrected chi connectivity index (χ1v) is 13.2. The molecule has 0 radical (unpaired) electrons. The molecule has 14 heteroatoms. The van der Waals surface area contributed by atoms with Crippen LogP contribution in [0.5, 0.6) is 0 Å². The topological polar surface area (TPSA) is 123 Å². The van der Waals surface area contributed by atoms with Crippen LogP contribution in [0, 0.1) is 12.3 Å². The Hall–Kier alpha value is -2.55. The maximum absolute atomic E-state index is 13.9. The van der Waals surface area contributed by atoms with Gasteiger partial charge in [-0.2, -0.15) is 18.3 Å². The van der Waals surface area contributed by atoms with Gasteiger partial charge in [0.25, 0.3) is 0 Å². The molecule has 194 valence electrons. The zero-order valence-corrected chi connectivity index (χ0v) is 21.4. The second-order valence-electron chi connectivity index (χ2n) is 10.1. The van der Waals surface area contributed by atoms with Crippen LogP contribution in [-0.2, 0) is 31.3 Å². The third-order valence-corrected chi connectivity index (χ3v) is 9.59. The summed E-state index contributed by atoms with van der Waals surface area (Å²) in [4.78, 5) is 15.8. The summed E-state index contributed by atoms with van der Waals surface area (Å²) in [6.45, 7) is 4.72. The molecule has 3 fully saturated rings. The number of imidazole rings is 1. The van der Waals surface area contributed by atoms with E-state index in [2.05, 4.69) is 14.8 Å². The SMILES string of the molecule is COC(=O)C12CC(NS(=O)(=O)c3cc(-c4c(C)nc5sc(C(C)(C)O)nn45)ccc3C(F)(F)F)(C1)C2. The molecule has 2 aromatic heterocycles. The maximum Gasteiger partial charge on any atom is 0.417 e. The molecule has 2 bridgehead atoms. The van der Waals surface area contributed by atoms with Gasteiger partial charge in [0.2, 0.25) is 15.0 Å². The molecule has 3 saturated carbocycles. The number of methoxy groups -OCH3 is 1. The van der Waals surface area contributed by atoms with Gasteiger partial charge in [-0.15, -0.1) is 0 Å². The largest absolute Gasteiger partial charge is 0.469 e. The highest BCUT2D eigenvalue weighted by atomic mass is 32.2. The van der Waals surface area contributed by atoms with Crippen LogP contribution in [0.25, 0.3) is 16.2 Å². The van der Waals surface area contributed by atoms with Crippen LogP contribution >= 0.6 is 11.3 Å². The van der Waals surface area contributed by atoms with Gasteiger partial charge in [0, 0.05) is 11.1 Å². The van der Waals surface area contributed by atoms with Gasteiger partial charge in [0.15, 0.2) is 0 Å². The molecule has 0 spiro atoms. The van der Waals surface area contributed by atoms with Crippen molar-refractivity contribution in [3.63, 3.8) is 0 Å². The fourth-order valence-corrected chi connectivity index (χ4v) is 7.82. The molecule has 3 aliphatic rings. The number of halogens is 3. The number of sulfonamides is 1. The summed E-state index contributed by atoms with van der Waals surface area (Å²) < 4.78 is 76.7. The summed E-state index contributed by atoms with van der Waals surface area (Å²) in [5.74, 6) is -0.449. The van der Waals surface area contributed by atoms with Crippen LogP contribution < -0.4 is 4.72 Å². The first kappa shape index (κ1) is 25.1. The van der Waals surface area contributed by atoms with Crippen molar-refractivity contribution in [3.05, 3.63) is 34.5 Å². The van der Waals surface area contributed by atoms with Gasteiger partial charge in [0.1, 0.15) is 10.6 Å². The predicted octanol–water partition coefficient (Wildman–Crippen LogP) is 3.39. The van der Waals surface area contributed by atoms with Gasteiger partial charge in [-0.1, -0.05) is 17.4 Å². The molecule has 0 atom stereocenters. The molecule has 2 heterocycles. The number of esters is 1. The minimum absolute atomic E-state index is 0.171. The van der Waals surface area contributed by atoms with E-state index < -0.39 is 49.2 Å². The monoisotopic (exact) mass is 544 g/mol. The molecule has 36 heavy (non-hydrogen) atoms. The Morgan fingerprint density at radius 1 is 1.25 bits per heavy atom. The zero-order valence-electron chi connectivity index (χ0n) is 19.7. The number of ether oxygens (including phenoxy) is 1. The summed E-state index contributed by atoms with van der Waals surface area (Å²) in [6, 6.07) is 2.87. The van der Waals surface area contributed by atoms with Crippen molar-refractivity contribution in [1.29, 1.82) is 0 Å². The molecule has 9 nitrogen and oxygen atoms in total. The lowest BCUT2D eigenvalue weighted by Gasteiger charge is -2.68. The van der Waals surface area contributed by atoms with E-state index >= 15 is 0 Å². The number of aromatic nitrogens is 3. The highest BCUT2D eigenvalue weighted by Gasteiger charge is 2.73. The van der Waals surface area contributed by atoms with Gasteiger partial charge in [-0.25, -0.2) is 22.6 Å². The summed E-state index contributed by atoms with van der Waals surface area (Å²) in [5.41, 5.74) is -3.38. The van der Waals surface area contributed by atoms with Crippen LogP contribution in [-0.4, -0.2) is 46.7 Å². The quantitative estimate of drug-likeness (QED) is 0.456. The van der Waals surface area contributed by atoms with Crippen LogP contribution in [0.15, 0.2) is 23.1 Å². The number of hydrogen-bond donors (Lipinski definition) is 2. The number of carbonyl (C=O) groups excluding carboxylic acids is 1. The third kappa shape index (κ3) is 3.73. The van der Waals surface area contributed by atoms with Crippen LogP contribution in [0.2, 0.25) is 0 Å². The molecule has 0 aliphatic heterocycles. The Balaban J connectivity index is 1.57. The fraction of sp³-hybridized carbons (Fsp3) is 0.500. The number of benzene rings is 1. The van der Waals surface area contributed by atoms with Gasteiger partial charge in [0.05, 0.1) is 34.4 Å². The standard InChI is InChI=1S/C22H23F3N4O5S2/c1-11-15(29-18(26-11)35-16(27-29)19(2,3)31)12-5-6-13(22(23,24)25)14(7-12)36(32,33)28-21-8-20(9-21,10-21)17(30)34-4/h5-7,28,31H,8-10H2,1-4H3.